The molecule has 0 aliphatic heterocycles. The van der Waals surface area contributed by atoms with Crippen LogP contribution >= 0.6 is 11.6 Å². The summed E-state index contributed by atoms with van der Waals surface area (Å²) in [6.07, 6.45) is -1.20. The van der Waals surface area contributed by atoms with Crippen LogP contribution in [0.1, 0.15) is 26.7 Å². The van der Waals surface area contributed by atoms with Gasteiger partial charge in [0.05, 0.1) is 0 Å². The van der Waals surface area contributed by atoms with Crippen molar-refractivity contribution in [1.82, 2.24) is 5.32 Å². The summed E-state index contributed by atoms with van der Waals surface area (Å²) in [5.41, 5.74) is 0. The molecule has 0 fully saturated rings. The van der Waals surface area contributed by atoms with E-state index in [2.05, 4.69) is 10.1 Å². The molecule has 0 saturated heterocycles. The quantitative estimate of drug-likeness (QED) is 0.354. The standard InChI is InChI=1S/C15H18ClNO6/c1-10(18)21-11(2)22-15(20)17-9-3-4-14(19)23-13-7-5-12(16)6-8-13/h5-8,11H,3-4,9H2,1-2H3,(H,17,20). The summed E-state index contributed by atoms with van der Waals surface area (Å²) in [5, 5.41) is 2.99. The van der Waals surface area contributed by atoms with Crippen molar-refractivity contribution in [2.24, 2.45) is 0 Å². The summed E-state index contributed by atoms with van der Waals surface area (Å²) in [7, 11) is 0. The molecule has 7 nitrogen and oxygen atoms in total. The molecule has 1 rings (SSSR count). The van der Waals surface area contributed by atoms with Gasteiger partial charge in [0.25, 0.3) is 0 Å². The fourth-order valence-electron chi connectivity index (χ4n) is 1.56. The van der Waals surface area contributed by atoms with Gasteiger partial charge in [-0.15, -0.1) is 0 Å². The number of carbonyl (C=O) groups excluding carboxylic acids is 3. The Balaban J connectivity index is 2.16. The molecule has 0 aliphatic carbocycles. The second-order valence-electron chi connectivity index (χ2n) is 4.54. The largest absolute Gasteiger partial charge is 0.427 e. The Labute approximate surface area is 138 Å². The highest BCUT2D eigenvalue weighted by molar-refractivity contribution is 6.30. The van der Waals surface area contributed by atoms with Crippen LogP contribution in [0.2, 0.25) is 5.02 Å². The van der Waals surface area contributed by atoms with Crippen LogP contribution in [0, 0.1) is 0 Å². The van der Waals surface area contributed by atoms with E-state index in [1.165, 1.54) is 13.8 Å². The zero-order chi connectivity index (χ0) is 17.2. The number of hydrogen-bond donors (Lipinski definition) is 1. The van der Waals surface area contributed by atoms with Gasteiger partial charge in [0.1, 0.15) is 5.75 Å². The van der Waals surface area contributed by atoms with Crippen molar-refractivity contribution in [3.8, 4) is 5.75 Å². The van der Waals surface area contributed by atoms with Gasteiger partial charge in [0.15, 0.2) is 0 Å². The van der Waals surface area contributed by atoms with Crippen LogP contribution in [0.5, 0.6) is 5.75 Å². The minimum Gasteiger partial charge on any atom is -0.427 e. The van der Waals surface area contributed by atoms with Crippen LogP contribution in [-0.4, -0.2) is 30.9 Å². The molecule has 8 heteroatoms. The molecule has 1 N–H and O–H groups in total. The first-order chi connectivity index (χ1) is 10.9. The lowest BCUT2D eigenvalue weighted by molar-refractivity contribution is -0.162. The summed E-state index contributed by atoms with van der Waals surface area (Å²) in [5.74, 6) is -0.562. The number of hydrogen-bond acceptors (Lipinski definition) is 6. The van der Waals surface area contributed by atoms with Crippen molar-refractivity contribution in [2.75, 3.05) is 6.54 Å². The molecule has 0 radical (unpaired) electrons. The van der Waals surface area contributed by atoms with Crippen molar-refractivity contribution in [3.63, 3.8) is 0 Å². The fraction of sp³-hybridized carbons (Fsp3) is 0.400. The number of rotatable bonds is 7. The molecule has 1 unspecified atom stereocenters. The van der Waals surface area contributed by atoms with Gasteiger partial charge in [-0.05, 0) is 30.7 Å². The molecule has 0 heterocycles. The molecule has 0 bridgehead atoms. The maximum absolute atomic E-state index is 11.6. The van der Waals surface area contributed by atoms with Crippen molar-refractivity contribution in [1.29, 1.82) is 0 Å². The number of alkyl carbamates (subject to hydrolysis) is 1. The van der Waals surface area contributed by atoms with E-state index in [0.29, 0.717) is 17.2 Å². The van der Waals surface area contributed by atoms with Crippen LogP contribution in [-0.2, 0) is 19.1 Å². The molecule has 0 aliphatic rings. The lowest BCUT2D eigenvalue weighted by Gasteiger charge is -2.13. The van der Waals surface area contributed by atoms with Crippen LogP contribution in [0.25, 0.3) is 0 Å². The van der Waals surface area contributed by atoms with E-state index in [1.807, 2.05) is 0 Å². The van der Waals surface area contributed by atoms with E-state index in [-0.39, 0.29) is 13.0 Å². The Morgan fingerprint density at radius 2 is 1.83 bits per heavy atom. The highest BCUT2D eigenvalue weighted by Crippen LogP contribution is 2.16. The number of carbonyl (C=O) groups is 3. The minimum absolute atomic E-state index is 0.127. The van der Waals surface area contributed by atoms with Crippen molar-refractivity contribution >= 4 is 29.6 Å². The van der Waals surface area contributed by atoms with Crippen LogP contribution < -0.4 is 10.1 Å². The average molecular weight is 344 g/mol. The second kappa shape index (κ2) is 9.68. The first kappa shape index (κ1) is 18.8. The van der Waals surface area contributed by atoms with Gasteiger partial charge in [-0.2, -0.15) is 0 Å². The van der Waals surface area contributed by atoms with Gasteiger partial charge in [-0.1, -0.05) is 11.6 Å². The van der Waals surface area contributed by atoms with Crippen molar-refractivity contribution in [2.45, 2.75) is 33.0 Å². The van der Waals surface area contributed by atoms with E-state index < -0.39 is 24.3 Å². The summed E-state index contributed by atoms with van der Waals surface area (Å²) in [6.45, 7) is 2.86. The monoisotopic (exact) mass is 343 g/mol. The normalized spacial score (nSPS) is 11.3. The van der Waals surface area contributed by atoms with E-state index in [9.17, 15) is 14.4 Å². The van der Waals surface area contributed by atoms with Gasteiger partial charge in [0.2, 0.25) is 6.29 Å². The Hall–Kier alpha value is -2.28. The first-order valence-corrected chi connectivity index (χ1v) is 7.32. The number of nitrogens with one attached hydrogen (secondary N) is 1. The molecule has 0 aromatic heterocycles. The van der Waals surface area contributed by atoms with E-state index in [4.69, 9.17) is 21.1 Å². The SMILES string of the molecule is CC(=O)OC(C)OC(=O)NCCCC(=O)Oc1ccc(Cl)cc1. The predicted octanol–water partition coefficient (Wildman–Crippen LogP) is 2.66. The maximum Gasteiger partial charge on any atom is 0.410 e. The summed E-state index contributed by atoms with van der Waals surface area (Å²) in [4.78, 5) is 33.6. The summed E-state index contributed by atoms with van der Waals surface area (Å²) in [6, 6.07) is 6.41. The van der Waals surface area contributed by atoms with Crippen LogP contribution in [0.4, 0.5) is 4.79 Å². The third-order valence-electron chi connectivity index (χ3n) is 2.48. The Bertz CT molecular complexity index is 545. The molecular weight excluding hydrogens is 326 g/mol. The molecule has 23 heavy (non-hydrogen) atoms. The third kappa shape index (κ3) is 8.67. The Morgan fingerprint density at radius 3 is 2.43 bits per heavy atom. The molecule has 0 saturated carbocycles. The number of amides is 1. The number of benzene rings is 1. The zero-order valence-electron chi connectivity index (χ0n) is 12.8. The molecule has 126 valence electrons. The van der Waals surface area contributed by atoms with Crippen LogP contribution in [0.3, 0.4) is 0 Å². The molecule has 1 atom stereocenters. The maximum atomic E-state index is 11.6. The van der Waals surface area contributed by atoms with Gasteiger partial charge < -0.3 is 19.5 Å². The van der Waals surface area contributed by atoms with Gasteiger partial charge >= 0.3 is 18.0 Å². The van der Waals surface area contributed by atoms with Crippen molar-refractivity contribution < 1.29 is 28.6 Å². The third-order valence-corrected chi connectivity index (χ3v) is 2.73. The highest BCUT2D eigenvalue weighted by atomic mass is 35.5. The Kier molecular flexibility index (Phi) is 7.90. The van der Waals surface area contributed by atoms with E-state index >= 15 is 0 Å². The number of esters is 2. The smallest absolute Gasteiger partial charge is 0.410 e. The molecule has 1 aromatic carbocycles. The lowest BCUT2D eigenvalue weighted by Crippen LogP contribution is -2.30. The van der Waals surface area contributed by atoms with E-state index in [1.54, 1.807) is 24.3 Å². The molecule has 1 aromatic rings. The number of halogens is 1. The summed E-state index contributed by atoms with van der Waals surface area (Å²) < 4.78 is 14.5. The molecule has 1 amide bonds. The van der Waals surface area contributed by atoms with Crippen LogP contribution in [0.15, 0.2) is 24.3 Å². The minimum atomic E-state index is -0.970. The van der Waals surface area contributed by atoms with Gasteiger partial charge in [-0.3, -0.25) is 9.59 Å². The summed E-state index contributed by atoms with van der Waals surface area (Å²) >= 11 is 5.72. The zero-order valence-corrected chi connectivity index (χ0v) is 13.6. The second-order valence-corrected chi connectivity index (χ2v) is 4.98. The first-order valence-electron chi connectivity index (χ1n) is 6.95. The highest BCUT2D eigenvalue weighted by Gasteiger charge is 2.11. The van der Waals surface area contributed by atoms with Gasteiger partial charge in [0, 0.05) is 31.8 Å². The average Bonchev–Trinajstić information content (AvgIpc) is 2.45. The van der Waals surface area contributed by atoms with Gasteiger partial charge in [-0.25, -0.2) is 4.79 Å². The Morgan fingerprint density at radius 1 is 1.17 bits per heavy atom. The predicted molar refractivity (Wildman–Crippen MR) is 82.0 cm³/mol. The van der Waals surface area contributed by atoms with Crippen molar-refractivity contribution in [3.05, 3.63) is 29.3 Å². The molecule has 0 spiro atoms. The topological polar surface area (TPSA) is 90.9 Å². The molecular formula is C15H18ClNO6. The fourth-order valence-corrected chi connectivity index (χ4v) is 1.68. The number of ether oxygens (including phenoxy) is 3. The van der Waals surface area contributed by atoms with E-state index in [0.717, 1.165) is 0 Å². The lowest BCUT2D eigenvalue weighted by atomic mass is 10.3.